The van der Waals surface area contributed by atoms with Crippen molar-refractivity contribution in [2.24, 2.45) is 0 Å². The van der Waals surface area contributed by atoms with Gasteiger partial charge < -0.3 is 5.11 Å². The quantitative estimate of drug-likeness (QED) is 0.842. The first-order valence-electron chi connectivity index (χ1n) is 6.52. The topological polar surface area (TPSA) is 40.5 Å². The highest BCUT2D eigenvalue weighted by Crippen LogP contribution is 2.14. The Hall–Kier alpha value is -1.35. The van der Waals surface area contributed by atoms with Gasteiger partial charge >= 0.3 is 5.97 Å². The van der Waals surface area contributed by atoms with Crippen molar-refractivity contribution in [2.75, 3.05) is 13.1 Å². The first-order chi connectivity index (χ1) is 8.47. The fraction of sp³-hybridized carbons (Fsp3) is 0.533. The van der Waals surface area contributed by atoms with Crippen LogP contribution in [0.1, 0.15) is 30.5 Å². The van der Waals surface area contributed by atoms with Gasteiger partial charge in [0.25, 0.3) is 0 Å². The molecule has 3 heteroatoms. The lowest BCUT2D eigenvalue weighted by molar-refractivity contribution is -0.143. The summed E-state index contributed by atoms with van der Waals surface area (Å²) in [6.07, 6.45) is 0.569. The molecule has 0 radical (unpaired) electrons. The molecule has 0 bridgehead atoms. The number of hydrogen-bond acceptors (Lipinski definition) is 2. The molecule has 0 aliphatic carbocycles. The van der Waals surface area contributed by atoms with E-state index in [1.54, 1.807) is 0 Å². The molecule has 0 aliphatic heterocycles. The lowest BCUT2D eigenvalue weighted by atomic mass is 10.0. The summed E-state index contributed by atoms with van der Waals surface area (Å²) in [6.45, 7) is 9.62. The van der Waals surface area contributed by atoms with Gasteiger partial charge in [0.15, 0.2) is 0 Å². The minimum Gasteiger partial charge on any atom is -0.480 e. The monoisotopic (exact) mass is 249 g/mol. The van der Waals surface area contributed by atoms with Crippen molar-refractivity contribution >= 4 is 5.97 Å². The maximum Gasteiger partial charge on any atom is 0.321 e. The van der Waals surface area contributed by atoms with Crippen LogP contribution in [-0.2, 0) is 11.2 Å². The number of nitrogens with zero attached hydrogens (tertiary/aromatic N) is 1. The number of aryl methyl sites for hydroxylation is 2. The van der Waals surface area contributed by atoms with E-state index in [4.69, 9.17) is 0 Å². The average molecular weight is 249 g/mol. The van der Waals surface area contributed by atoms with Crippen molar-refractivity contribution in [1.29, 1.82) is 0 Å². The number of carboxylic acids is 1. The molecule has 1 rings (SSSR count). The van der Waals surface area contributed by atoms with Gasteiger partial charge in [-0.2, -0.15) is 0 Å². The summed E-state index contributed by atoms with van der Waals surface area (Å²) in [4.78, 5) is 13.4. The zero-order chi connectivity index (χ0) is 13.7. The van der Waals surface area contributed by atoms with Crippen LogP contribution in [0, 0.1) is 13.8 Å². The van der Waals surface area contributed by atoms with Crippen LogP contribution in [0.25, 0.3) is 0 Å². The zero-order valence-electron chi connectivity index (χ0n) is 11.7. The number of benzene rings is 1. The summed E-state index contributed by atoms with van der Waals surface area (Å²) in [5.74, 6) is -0.738. The minimum absolute atomic E-state index is 0.429. The molecule has 100 valence electrons. The third kappa shape index (κ3) is 3.84. The number of carbonyl (C=O) groups is 1. The van der Waals surface area contributed by atoms with Crippen molar-refractivity contribution in [2.45, 2.75) is 40.2 Å². The van der Waals surface area contributed by atoms with Crippen LogP contribution in [0.3, 0.4) is 0 Å². The van der Waals surface area contributed by atoms with Crippen LogP contribution >= 0.6 is 0 Å². The number of aliphatic carboxylic acids is 1. The Labute approximate surface area is 109 Å². The van der Waals surface area contributed by atoms with Gasteiger partial charge in [-0.15, -0.1) is 0 Å². The first-order valence-corrected chi connectivity index (χ1v) is 6.52. The Morgan fingerprint density at radius 2 is 1.67 bits per heavy atom. The summed E-state index contributed by atoms with van der Waals surface area (Å²) in [5.41, 5.74) is 3.48. The highest BCUT2D eigenvalue weighted by Gasteiger charge is 2.23. The fourth-order valence-electron chi connectivity index (χ4n) is 2.45. The van der Waals surface area contributed by atoms with Crippen molar-refractivity contribution in [3.8, 4) is 0 Å². The highest BCUT2D eigenvalue weighted by atomic mass is 16.4. The Balaban J connectivity index is 2.92. The number of likely N-dealkylation sites (N-methyl/N-ethyl adjacent to an activating group) is 1. The minimum atomic E-state index is -0.738. The largest absolute Gasteiger partial charge is 0.480 e. The van der Waals surface area contributed by atoms with E-state index in [2.05, 4.69) is 18.2 Å². The third-order valence-corrected chi connectivity index (χ3v) is 3.25. The van der Waals surface area contributed by atoms with E-state index < -0.39 is 12.0 Å². The summed E-state index contributed by atoms with van der Waals surface area (Å²) in [6, 6.07) is 5.83. The second-order valence-corrected chi connectivity index (χ2v) is 4.78. The Bertz CT molecular complexity index is 391. The molecule has 1 atom stereocenters. The van der Waals surface area contributed by atoms with E-state index >= 15 is 0 Å². The third-order valence-electron chi connectivity index (χ3n) is 3.25. The molecule has 1 N–H and O–H groups in total. The Morgan fingerprint density at radius 3 is 2.06 bits per heavy atom. The van der Waals surface area contributed by atoms with E-state index in [-0.39, 0.29) is 0 Å². The van der Waals surface area contributed by atoms with Gasteiger partial charge in [0.05, 0.1) is 0 Å². The summed E-state index contributed by atoms with van der Waals surface area (Å²) in [5, 5.41) is 9.36. The summed E-state index contributed by atoms with van der Waals surface area (Å²) >= 11 is 0. The smallest absolute Gasteiger partial charge is 0.321 e. The highest BCUT2D eigenvalue weighted by molar-refractivity contribution is 5.74. The molecule has 0 saturated carbocycles. The zero-order valence-corrected chi connectivity index (χ0v) is 11.7. The molecule has 0 spiro atoms. The van der Waals surface area contributed by atoms with E-state index in [0.29, 0.717) is 6.42 Å². The Kier molecular flexibility index (Phi) is 5.35. The van der Waals surface area contributed by atoms with Gasteiger partial charge in [-0.3, -0.25) is 9.69 Å². The molecule has 0 unspecified atom stereocenters. The molecule has 0 amide bonds. The van der Waals surface area contributed by atoms with Crippen molar-refractivity contribution < 1.29 is 9.90 Å². The molecule has 1 aromatic rings. The molecule has 0 aromatic heterocycles. The maximum absolute atomic E-state index is 11.4. The van der Waals surface area contributed by atoms with Crippen LogP contribution in [0.5, 0.6) is 0 Å². The van der Waals surface area contributed by atoms with Crippen LogP contribution in [-0.4, -0.2) is 35.1 Å². The fourth-order valence-corrected chi connectivity index (χ4v) is 2.45. The standard InChI is InChI=1S/C15H23NO2/c1-5-16(6-2)14(15(17)18)10-13-8-11(3)7-12(4)9-13/h7-9,14H,5-6,10H2,1-4H3,(H,17,18)/t14-/m0/s1. The average Bonchev–Trinajstić information content (AvgIpc) is 2.27. The second kappa shape index (κ2) is 6.55. The van der Waals surface area contributed by atoms with Crippen LogP contribution in [0.4, 0.5) is 0 Å². The molecule has 0 heterocycles. The van der Waals surface area contributed by atoms with Gasteiger partial charge in [-0.25, -0.2) is 0 Å². The predicted molar refractivity (Wildman–Crippen MR) is 74.0 cm³/mol. The van der Waals surface area contributed by atoms with Crippen molar-refractivity contribution in [3.05, 3.63) is 34.9 Å². The Morgan fingerprint density at radius 1 is 1.17 bits per heavy atom. The van der Waals surface area contributed by atoms with Crippen molar-refractivity contribution in [1.82, 2.24) is 4.90 Å². The summed E-state index contributed by atoms with van der Waals surface area (Å²) in [7, 11) is 0. The maximum atomic E-state index is 11.4. The van der Waals surface area contributed by atoms with Gasteiger partial charge in [0.1, 0.15) is 6.04 Å². The number of rotatable bonds is 6. The van der Waals surface area contributed by atoms with E-state index in [1.807, 2.05) is 32.6 Å². The molecule has 0 aliphatic rings. The first kappa shape index (κ1) is 14.7. The summed E-state index contributed by atoms with van der Waals surface area (Å²) < 4.78 is 0. The molecular formula is C15H23NO2. The van der Waals surface area contributed by atoms with Gasteiger partial charge in [-0.05, 0) is 38.9 Å². The van der Waals surface area contributed by atoms with Gasteiger partial charge in [0, 0.05) is 0 Å². The molecule has 0 saturated heterocycles. The molecule has 3 nitrogen and oxygen atoms in total. The van der Waals surface area contributed by atoms with Gasteiger partial charge in [-0.1, -0.05) is 43.2 Å². The lowest BCUT2D eigenvalue weighted by Crippen LogP contribution is -2.42. The molecule has 18 heavy (non-hydrogen) atoms. The number of carboxylic acid groups (broad SMARTS) is 1. The normalized spacial score (nSPS) is 12.7. The molecule has 1 aromatic carbocycles. The van der Waals surface area contributed by atoms with E-state index in [0.717, 1.165) is 18.7 Å². The van der Waals surface area contributed by atoms with Crippen molar-refractivity contribution in [3.63, 3.8) is 0 Å². The molecular weight excluding hydrogens is 226 g/mol. The van der Waals surface area contributed by atoms with Crippen LogP contribution < -0.4 is 0 Å². The lowest BCUT2D eigenvalue weighted by Gasteiger charge is -2.26. The predicted octanol–water partition coefficient (Wildman–Crippen LogP) is 2.64. The number of hydrogen-bond donors (Lipinski definition) is 1. The SMILES string of the molecule is CCN(CC)[C@@H](Cc1cc(C)cc(C)c1)C(=O)O. The molecule has 0 fully saturated rings. The van der Waals surface area contributed by atoms with Crippen LogP contribution in [0.2, 0.25) is 0 Å². The van der Waals surface area contributed by atoms with Crippen LogP contribution in [0.15, 0.2) is 18.2 Å². The van der Waals surface area contributed by atoms with E-state index in [9.17, 15) is 9.90 Å². The van der Waals surface area contributed by atoms with Gasteiger partial charge in [0.2, 0.25) is 0 Å². The second-order valence-electron chi connectivity index (χ2n) is 4.78. The van der Waals surface area contributed by atoms with E-state index in [1.165, 1.54) is 11.1 Å².